The van der Waals surface area contributed by atoms with Crippen molar-refractivity contribution in [3.63, 3.8) is 0 Å². The molecule has 5 heteroatoms. The second kappa shape index (κ2) is 6.37. The number of hydrogen-bond acceptors (Lipinski definition) is 3. The van der Waals surface area contributed by atoms with Gasteiger partial charge in [0.05, 0.1) is 12.0 Å². The fraction of sp³-hybridized carbons (Fsp3) is 0.857. The van der Waals surface area contributed by atoms with Gasteiger partial charge in [-0.2, -0.15) is 0 Å². The summed E-state index contributed by atoms with van der Waals surface area (Å²) >= 11 is 0. The number of carboxylic acid groups (broad SMARTS) is 1. The Kier molecular flexibility index (Phi) is 4.80. The maximum absolute atomic E-state index is 12.5. The van der Waals surface area contributed by atoms with Crippen molar-refractivity contribution in [1.29, 1.82) is 0 Å². The molecule has 0 radical (unpaired) electrons. The van der Waals surface area contributed by atoms with E-state index in [1.54, 1.807) is 0 Å². The number of nitrogens with zero attached hydrogens (tertiary/aromatic N) is 1. The van der Waals surface area contributed by atoms with Crippen LogP contribution in [-0.4, -0.2) is 47.7 Å². The number of ether oxygens (including phenoxy) is 1. The Hall–Kier alpha value is -1.10. The summed E-state index contributed by atoms with van der Waals surface area (Å²) in [6, 6.07) is 0. The molecule has 1 saturated heterocycles. The molecule has 19 heavy (non-hydrogen) atoms. The number of carbonyl (C=O) groups is 2. The van der Waals surface area contributed by atoms with Gasteiger partial charge in [0.2, 0.25) is 5.91 Å². The van der Waals surface area contributed by atoms with Gasteiger partial charge in [-0.1, -0.05) is 6.92 Å². The summed E-state index contributed by atoms with van der Waals surface area (Å²) in [5, 5.41) is 9.00. The van der Waals surface area contributed by atoms with E-state index in [1.165, 1.54) is 0 Å². The number of carbonyl (C=O) groups excluding carboxylic acids is 1. The largest absolute Gasteiger partial charge is 0.481 e. The minimum Gasteiger partial charge on any atom is -0.481 e. The summed E-state index contributed by atoms with van der Waals surface area (Å²) in [4.78, 5) is 25.3. The van der Waals surface area contributed by atoms with Gasteiger partial charge in [0, 0.05) is 25.6 Å². The first-order valence-electron chi connectivity index (χ1n) is 7.25. The first-order valence-corrected chi connectivity index (χ1v) is 7.25. The lowest BCUT2D eigenvalue weighted by molar-refractivity contribution is -0.141. The molecule has 1 heterocycles. The Balaban J connectivity index is 1.93. The average Bonchev–Trinajstić information content (AvgIpc) is 2.77. The molecule has 1 N–H and O–H groups in total. The Morgan fingerprint density at radius 1 is 1.32 bits per heavy atom. The summed E-state index contributed by atoms with van der Waals surface area (Å²) in [5.74, 6) is -1.07. The molecule has 3 atom stereocenters. The normalized spacial score (nSPS) is 32.1. The topological polar surface area (TPSA) is 66.8 Å². The van der Waals surface area contributed by atoms with Gasteiger partial charge in [-0.15, -0.1) is 0 Å². The quantitative estimate of drug-likeness (QED) is 0.843. The molecule has 1 unspecified atom stereocenters. The lowest BCUT2D eigenvalue weighted by atomic mass is 10.0. The molecule has 1 saturated carbocycles. The third-order valence-corrected chi connectivity index (χ3v) is 4.25. The third-order valence-electron chi connectivity index (χ3n) is 4.25. The Bertz CT molecular complexity index is 344. The van der Waals surface area contributed by atoms with Gasteiger partial charge in [-0.3, -0.25) is 9.59 Å². The van der Waals surface area contributed by atoms with Crippen molar-refractivity contribution in [2.75, 3.05) is 19.7 Å². The van der Waals surface area contributed by atoms with Crippen molar-refractivity contribution < 1.29 is 19.4 Å². The zero-order chi connectivity index (χ0) is 13.8. The summed E-state index contributed by atoms with van der Waals surface area (Å²) < 4.78 is 5.67. The second-order valence-electron chi connectivity index (χ2n) is 5.58. The van der Waals surface area contributed by atoms with Crippen LogP contribution in [0, 0.1) is 11.8 Å². The minimum atomic E-state index is -0.763. The van der Waals surface area contributed by atoms with E-state index in [9.17, 15) is 9.59 Å². The van der Waals surface area contributed by atoms with Gasteiger partial charge >= 0.3 is 5.97 Å². The summed E-state index contributed by atoms with van der Waals surface area (Å²) in [5.41, 5.74) is 0. The first kappa shape index (κ1) is 14.3. The minimum absolute atomic E-state index is 0.100. The van der Waals surface area contributed by atoms with E-state index in [2.05, 4.69) is 6.92 Å². The number of amides is 1. The molecular weight excluding hydrogens is 246 g/mol. The van der Waals surface area contributed by atoms with E-state index in [0.29, 0.717) is 32.4 Å². The van der Waals surface area contributed by atoms with Gasteiger partial charge in [0.25, 0.3) is 0 Å². The van der Waals surface area contributed by atoms with Crippen LogP contribution in [0.15, 0.2) is 0 Å². The number of rotatable bonds is 3. The smallest absolute Gasteiger partial charge is 0.306 e. The highest BCUT2D eigenvalue weighted by molar-refractivity contribution is 5.81. The van der Waals surface area contributed by atoms with Crippen molar-refractivity contribution in [3.8, 4) is 0 Å². The van der Waals surface area contributed by atoms with Crippen LogP contribution in [0.2, 0.25) is 0 Å². The standard InChI is InChI=1S/C14H23NO4/c1-2-12-9-15(6-3-7-19-12)13(16)10-4-5-11(8-10)14(17)18/h10-12H,2-9H2,1H3,(H,17,18)/t10-,11+,12?/m1/s1. The van der Waals surface area contributed by atoms with Gasteiger partial charge in [0.1, 0.15) is 0 Å². The highest BCUT2D eigenvalue weighted by Crippen LogP contribution is 2.32. The molecule has 1 amide bonds. The number of hydrogen-bond donors (Lipinski definition) is 1. The Morgan fingerprint density at radius 3 is 2.68 bits per heavy atom. The number of carboxylic acids is 1. The fourth-order valence-electron chi connectivity index (χ4n) is 3.03. The fourth-order valence-corrected chi connectivity index (χ4v) is 3.03. The lowest BCUT2D eigenvalue weighted by Crippen LogP contribution is -2.40. The molecule has 0 spiro atoms. The molecule has 2 aliphatic rings. The van der Waals surface area contributed by atoms with Crippen molar-refractivity contribution >= 4 is 11.9 Å². The molecule has 0 aromatic carbocycles. The van der Waals surface area contributed by atoms with Crippen LogP contribution < -0.4 is 0 Å². The molecular formula is C14H23NO4. The summed E-state index contributed by atoms with van der Waals surface area (Å²) in [7, 11) is 0. The van der Waals surface area contributed by atoms with Crippen molar-refractivity contribution in [3.05, 3.63) is 0 Å². The Labute approximate surface area is 113 Å². The van der Waals surface area contributed by atoms with E-state index < -0.39 is 5.97 Å². The highest BCUT2D eigenvalue weighted by Gasteiger charge is 2.36. The predicted molar refractivity (Wildman–Crippen MR) is 69.7 cm³/mol. The van der Waals surface area contributed by atoms with E-state index in [1.807, 2.05) is 4.90 Å². The van der Waals surface area contributed by atoms with Crippen LogP contribution in [0.1, 0.15) is 39.0 Å². The first-order chi connectivity index (χ1) is 9.11. The second-order valence-corrected chi connectivity index (χ2v) is 5.58. The van der Waals surface area contributed by atoms with E-state index in [0.717, 1.165) is 19.4 Å². The van der Waals surface area contributed by atoms with E-state index in [-0.39, 0.29) is 23.8 Å². The van der Waals surface area contributed by atoms with Crippen molar-refractivity contribution in [1.82, 2.24) is 4.90 Å². The monoisotopic (exact) mass is 269 g/mol. The molecule has 0 aromatic heterocycles. The average molecular weight is 269 g/mol. The van der Waals surface area contributed by atoms with Gasteiger partial charge in [0.15, 0.2) is 0 Å². The van der Waals surface area contributed by atoms with Crippen LogP contribution in [0.3, 0.4) is 0 Å². The maximum atomic E-state index is 12.5. The number of aliphatic carboxylic acids is 1. The maximum Gasteiger partial charge on any atom is 0.306 e. The SMILES string of the molecule is CCC1CN(C(=O)[C@@H]2CC[C@H](C(=O)O)C2)CCCO1. The summed E-state index contributed by atoms with van der Waals surface area (Å²) in [6.45, 7) is 4.17. The molecule has 5 nitrogen and oxygen atoms in total. The molecule has 0 bridgehead atoms. The Morgan fingerprint density at radius 2 is 2.05 bits per heavy atom. The molecule has 2 rings (SSSR count). The zero-order valence-electron chi connectivity index (χ0n) is 11.5. The zero-order valence-corrected chi connectivity index (χ0v) is 11.5. The van der Waals surface area contributed by atoms with Crippen LogP contribution in [0.5, 0.6) is 0 Å². The lowest BCUT2D eigenvalue weighted by Gasteiger charge is -2.26. The van der Waals surface area contributed by atoms with Crippen molar-refractivity contribution in [2.24, 2.45) is 11.8 Å². The van der Waals surface area contributed by atoms with Crippen LogP contribution in [0.25, 0.3) is 0 Å². The van der Waals surface area contributed by atoms with Crippen LogP contribution in [0.4, 0.5) is 0 Å². The van der Waals surface area contributed by atoms with Gasteiger partial charge in [-0.05, 0) is 32.1 Å². The van der Waals surface area contributed by atoms with Crippen LogP contribution in [-0.2, 0) is 14.3 Å². The van der Waals surface area contributed by atoms with E-state index in [4.69, 9.17) is 9.84 Å². The highest BCUT2D eigenvalue weighted by atomic mass is 16.5. The van der Waals surface area contributed by atoms with Gasteiger partial charge in [-0.25, -0.2) is 0 Å². The molecule has 108 valence electrons. The molecule has 0 aromatic rings. The van der Waals surface area contributed by atoms with Gasteiger partial charge < -0.3 is 14.7 Å². The van der Waals surface area contributed by atoms with E-state index >= 15 is 0 Å². The third kappa shape index (κ3) is 3.47. The van der Waals surface area contributed by atoms with Crippen LogP contribution >= 0.6 is 0 Å². The predicted octanol–water partition coefficient (Wildman–Crippen LogP) is 1.51. The summed E-state index contributed by atoms with van der Waals surface area (Å²) in [6.07, 6.45) is 3.76. The van der Waals surface area contributed by atoms with Crippen molar-refractivity contribution in [2.45, 2.75) is 45.1 Å². The molecule has 1 aliphatic carbocycles. The molecule has 1 aliphatic heterocycles. The molecule has 2 fully saturated rings.